The van der Waals surface area contributed by atoms with Crippen LogP contribution in [-0.2, 0) is 4.79 Å². The second-order valence-corrected chi connectivity index (χ2v) is 4.99. The Hall–Kier alpha value is -0.0503. The van der Waals surface area contributed by atoms with Crippen molar-refractivity contribution in [3.05, 3.63) is 36.5 Å². The van der Waals surface area contributed by atoms with Crippen molar-refractivity contribution in [3.63, 3.8) is 0 Å². The van der Waals surface area contributed by atoms with Gasteiger partial charge >= 0.3 is 43.7 Å². The van der Waals surface area contributed by atoms with E-state index in [1.165, 1.54) is 12.8 Å². The van der Waals surface area contributed by atoms with Crippen LogP contribution in [0.25, 0.3) is 0 Å². The quantitative estimate of drug-likeness (QED) is 0.276. The average molecular weight is 321 g/mol. The molecule has 0 aromatic rings. The first-order valence-electron chi connectivity index (χ1n) is 7.94. The maximum atomic E-state index is 10.3. The van der Waals surface area contributed by atoms with Crippen molar-refractivity contribution in [1.82, 2.24) is 0 Å². The Bertz CT molecular complexity index is 316. The fourth-order valence-electron chi connectivity index (χ4n) is 1.90. The third-order valence-electron chi connectivity index (χ3n) is 3.04. The summed E-state index contributed by atoms with van der Waals surface area (Å²) in [6.07, 6.45) is 23.4. The number of hydrogen-bond donors (Lipinski definition) is 1. The topological polar surface area (TPSA) is 37.3 Å². The molecule has 0 bridgehead atoms. The van der Waals surface area contributed by atoms with Crippen molar-refractivity contribution in [2.45, 2.75) is 71.1 Å². The van der Waals surface area contributed by atoms with Gasteiger partial charge in [0, 0.05) is 6.42 Å². The van der Waals surface area contributed by atoms with Crippen LogP contribution in [0.15, 0.2) is 36.5 Å². The fourth-order valence-corrected chi connectivity index (χ4v) is 1.90. The SMILES string of the molecule is CC/C=C\C/C=C\C/C=C\CCCCCCCC(=O)O.[Ca+2].[H-].[H-]. The van der Waals surface area contributed by atoms with Crippen LogP contribution in [0.4, 0.5) is 0 Å². The third kappa shape index (κ3) is 22.4. The zero-order chi connectivity index (χ0) is 14.9. The number of allylic oxidation sites excluding steroid dienone is 6. The smallest absolute Gasteiger partial charge is 1.00 e. The van der Waals surface area contributed by atoms with Gasteiger partial charge in [-0.2, -0.15) is 0 Å². The Labute approximate surface area is 163 Å². The Kier molecular flexibility index (Phi) is 22.1. The second kappa shape index (κ2) is 19.9. The van der Waals surface area contributed by atoms with Gasteiger partial charge in [0.05, 0.1) is 0 Å². The predicted molar refractivity (Wildman–Crippen MR) is 94.9 cm³/mol. The molecule has 0 saturated carbocycles. The summed E-state index contributed by atoms with van der Waals surface area (Å²) in [5.74, 6) is -0.675. The maximum Gasteiger partial charge on any atom is 2.00 e. The van der Waals surface area contributed by atoms with Gasteiger partial charge in [-0.3, -0.25) is 4.79 Å². The van der Waals surface area contributed by atoms with E-state index >= 15 is 0 Å². The van der Waals surface area contributed by atoms with Crippen molar-refractivity contribution in [2.75, 3.05) is 0 Å². The van der Waals surface area contributed by atoms with E-state index in [4.69, 9.17) is 5.11 Å². The molecule has 0 rings (SSSR count). The molecular weight excluding hydrogens is 288 g/mol. The van der Waals surface area contributed by atoms with Gasteiger partial charge in [0.15, 0.2) is 0 Å². The van der Waals surface area contributed by atoms with E-state index in [0.717, 1.165) is 44.9 Å². The Morgan fingerprint density at radius 2 is 1.38 bits per heavy atom. The molecule has 0 amide bonds. The summed E-state index contributed by atoms with van der Waals surface area (Å²) in [7, 11) is 0. The summed E-state index contributed by atoms with van der Waals surface area (Å²) in [6.45, 7) is 2.15. The normalized spacial score (nSPS) is 11.5. The average Bonchev–Trinajstić information content (AvgIpc) is 2.43. The van der Waals surface area contributed by atoms with Crippen molar-refractivity contribution in [1.29, 1.82) is 0 Å². The molecule has 0 aliphatic heterocycles. The standard InChI is InChI=1S/C18H30O2.Ca.2H/c1-2-3-4-5-6-7-8-9-10-11-12-13-14-15-16-17-18(19)20;;;/h3-4,6-7,9-10H,2,5,8,11-17H2,1H3,(H,19,20);;;/q;+2;2*-1/b4-3-,7-6-,10-9-;;;. The van der Waals surface area contributed by atoms with Gasteiger partial charge in [-0.15, -0.1) is 0 Å². The van der Waals surface area contributed by atoms with Crippen LogP contribution in [0.2, 0.25) is 0 Å². The summed E-state index contributed by atoms with van der Waals surface area (Å²) < 4.78 is 0. The molecule has 118 valence electrons. The first-order chi connectivity index (χ1) is 9.77. The molecular formula is C18H32CaO2. The van der Waals surface area contributed by atoms with Crippen molar-refractivity contribution < 1.29 is 12.8 Å². The van der Waals surface area contributed by atoms with Crippen molar-refractivity contribution >= 4 is 43.7 Å². The summed E-state index contributed by atoms with van der Waals surface area (Å²) >= 11 is 0. The number of carbonyl (C=O) groups is 1. The van der Waals surface area contributed by atoms with Gasteiger partial charge in [0.2, 0.25) is 0 Å². The fraction of sp³-hybridized carbons (Fsp3) is 0.611. The first kappa shape index (κ1) is 23.2. The minimum absolute atomic E-state index is 0. The van der Waals surface area contributed by atoms with Crippen LogP contribution in [0, 0.1) is 0 Å². The molecule has 3 heteroatoms. The minimum atomic E-state index is -0.675. The summed E-state index contributed by atoms with van der Waals surface area (Å²) in [5, 5.41) is 8.50. The van der Waals surface area contributed by atoms with Gasteiger partial charge in [0.1, 0.15) is 0 Å². The summed E-state index contributed by atoms with van der Waals surface area (Å²) in [4.78, 5) is 10.3. The van der Waals surface area contributed by atoms with Crippen LogP contribution >= 0.6 is 0 Å². The molecule has 0 heterocycles. The van der Waals surface area contributed by atoms with E-state index in [1.54, 1.807) is 0 Å². The van der Waals surface area contributed by atoms with Crippen molar-refractivity contribution in [2.24, 2.45) is 0 Å². The molecule has 0 spiro atoms. The van der Waals surface area contributed by atoms with E-state index in [2.05, 4.69) is 43.4 Å². The Morgan fingerprint density at radius 1 is 0.857 bits per heavy atom. The van der Waals surface area contributed by atoms with E-state index in [0.29, 0.717) is 6.42 Å². The van der Waals surface area contributed by atoms with Crippen molar-refractivity contribution in [3.8, 4) is 0 Å². The number of unbranched alkanes of at least 4 members (excludes halogenated alkanes) is 5. The van der Waals surface area contributed by atoms with E-state index < -0.39 is 5.97 Å². The first-order valence-corrected chi connectivity index (χ1v) is 7.94. The summed E-state index contributed by atoms with van der Waals surface area (Å²) in [5.41, 5.74) is 0. The van der Waals surface area contributed by atoms with Crippen LogP contribution in [0.5, 0.6) is 0 Å². The molecule has 0 aromatic carbocycles. The monoisotopic (exact) mass is 320 g/mol. The predicted octanol–water partition coefficient (Wildman–Crippen LogP) is 5.50. The van der Waals surface area contributed by atoms with Crippen LogP contribution < -0.4 is 0 Å². The summed E-state index contributed by atoms with van der Waals surface area (Å²) in [6, 6.07) is 0. The van der Waals surface area contributed by atoms with Gasteiger partial charge in [0.25, 0.3) is 0 Å². The number of carboxylic acids is 1. The van der Waals surface area contributed by atoms with E-state index in [1.807, 2.05) is 0 Å². The van der Waals surface area contributed by atoms with Crippen LogP contribution in [-0.4, -0.2) is 48.8 Å². The zero-order valence-electron chi connectivity index (χ0n) is 15.6. The minimum Gasteiger partial charge on any atom is -1.00 e. The molecule has 2 nitrogen and oxygen atoms in total. The maximum absolute atomic E-state index is 10.3. The van der Waals surface area contributed by atoms with Gasteiger partial charge in [-0.05, 0) is 38.5 Å². The molecule has 1 N–H and O–H groups in total. The molecule has 0 aliphatic carbocycles. The number of aliphatic carboxylic acids is 1. The Balaban J connectivity index is -0.000000602. The molecule has 21 heavy (non-hydrogen) atoms. The molecule has 0 saturated heterocycles. The Morgan fingerprint density at radius 3 is 2.00 bits per heavy atom. The van der Waals surface area contributed by atoms with Crippen LogP contribution in [0.3, 0.4) is 0 Å². The molecule has 0 aliphatic rings. The molecule has 0 unspecified atom stereocenters. The van der Waals surface area contributed by atoms with Gasteiger partial charge in [-0.1, -0.05) is 62.6 Å². The third-order valence-corrected chi connectivity index (χ3v) is 3.04. The molecule has 0 radical (unpaired) electrons. The molecule has 0 atom stereocenters. The number of carboxylic acid groups (broad SMARTS) is 1. The van der Waals surface area contributed by atoms with Gasteiger partial charge in [-0.25, -0.2) is 0 Å². The van der Waals surface area contributed by atoms with Crippen LogP contribution in [0.1, 0.15) is 74.0 Å². The molecule has 0 aromatic heterocycles. The largest absolute Gasteiger partial charge is 2.00 e. The number of hydrogen-bond acceptors (Lipinski definition) is 1. The van der Waals surface area contributed by atoms with E-state index in [9.17, 15) is 4.79 Å². The second-order valence-electron chi connectivity index (χ2n) is 4.99. The van der Waals surface area contributed by atoms with Gasteiger partial charge < -0.3 is 7.96 Å². The zero-order valence-corrected chi connectivity index (χ0v) is 15.8. The number of rotatable bonds is 13. The van der Waals surface area contributed by atoms with E-state index in [-0.39, 0.29) is 40.6 Å². The molecule has 0 fully saturated rings.